The van der Waals surface area contributed by atoms with Crippen LogP contribution in [0.2, 0.25) is 0 Å². The minimum Gasteiger partial charge on any atom is -0.423 e. The summed E-state index contributed by atoms with van der Waals surface area (Å²) in [6.07, 6.45) is 0.186. The second kappa shape index (κ2) is 6.43. The largest absolute Gasteiger partial charge is 0.423 e. The molecule has 0 fully saturated rings. The average molecular weight is 326 g/mol. The zero-order valence-electron chi connectivity index (χ0n) is 13.9. The fourth-order valence-corrected chi connectivity index (χ4v) is 2.43. The monoisotopic (exact) mass is 326 g/mol. The number of nitrogens with zero attached hydrogens (tertiary/aromatic N) is 1. The Kier molecular flexibility index (Phi) is 4.34. The molecule has 1 aromatic heterocycles. The SMILES string of the molecule is Cc1ccccc1Nc1nc2c(F)cc(CC(=O)C(C)C)cc2o1. The molecule has 1 N–H and O–H groups in total. The minimum atomic E-state index is -0.486. The number of fused-ring (bicyclic) bond motifs is 1. The van der Waals surface area contributed by atoms with E-state index in [9.17, 15) is 9.18 Å². The van der Waals surface area contributed by atoms with Gasteiger partial charge in [-0.15, -0.1) is 0 Å². The first kappa shape index (κ1) is 16.2. The maximum Gasteiger partial charge on any atom is 0.300 e. The van der Waals surface area contributed by atoms with Crippen LogP contribution in [0.1, 0.15) is 25.0 Å². The highest BCUT2D eigenvalue weighted by Gasteiger charge is 2.15. The van der Waals surface area contributed by atoms with Crippen LogP contribution in [0, 0.1) is 18.7 Å². The summed E-state index contributed by atoms with van der Waals surface area (Å²) in [5.74, 6) is -0.510. The van der Waals surface area contributed by atoms with E-state index in [2.05, 4.69) is 10.3 Å². The smallest absolute Gasteiger partial charge is 0.300 e. The molecule has 0 bridgehead atoms. The zero-order chi connectivity index (χ0) is 17.3. The van der Waals surface area contributed by atoms with Crippen LogP contribution in [-0.4, -0.2) is 10.8 Å². The highest BCUT2D eigenvalue weighted by molar-refractivity contribution is 5.84. The topological polar surface area (TPSA) is 55.1 Å². The molecule has 0 spiro atoms. The minimum absolute atomic E-state index is 0.0616. The molecule has 0 atom stereocenters. The summed E-state index contributed by atoms with van der Waals surface area (Å²) in [6.45, 7) is 5.62. The number of rotatable bonds is 5. The fraction of sp³-hybridized carbons (Fsp3) is 0.263. The van der Waals surface area contributed by atoms with E-state index in [0.29, 0.717) is 11.1 Å². The molecule has 0 radical (unpaired) electrons. The summed E-state index contributed by atoms with van der Waals surface area (Å²) >= 11 is 0. The third-order valence-electron chi connectivity index (χ3n) is 3.92. The maximum absolute atomic E-state index is 14.3. The fourth-order valence-electron chi connectivity index (χ4n) is 2.43. The van der Waals surface area contributed by atoms with Crippen LogP contribution < -0.4 is 5.32 Å². The molecule has 3 rings (SSSR count). The van der Waals surface area contributed by atoms with Gasteiger partial charge in [0.1, 0.15) is 11.3 Å². The molecule has 2 aromatic carbocycles. The van der Waals surface area contributed by atoms with Crippen LogP contribution in [0.15, 0.2) is 40.8 Å². The van der Waals surface area contributed by atoms with Crippen LogP contribution in [0.3, 0.4) is 0 Å². The van der Waals surface area contributed by atoms with Crippen LogP contribution in [0.5, 0.6) is 0 Å². The van der Waals surface area contributed by atoms with E-state index in [1.54, 1.807) is 6.07 Å². The van der Waals surface area contributed by atoms with Crippen molar-refractivity contribution in [3.05, 3.63) is 53.3 Å². The van der Waals surface area contributed by atoms with Gasteiger partial charge < -0.3 is 9.73 Å². The highest BCUT2D eigenvalue weighted by Crippen LogP contribution is 2.27. The second-order valence-corrected chi connectivity index (χ2v) is 6.18. The lowest BCUT2D eigenvalue weighted by Gasteiger charge is -2.04. The molecule has 3 aromatic rings. The summed E-state index contributed by atoms with van der Waals surface area (Å²) in [5, 5.41) is 3.06. The van der Waals surface area contributed by atoms with E-state index in [1.807, 2.05) is 45.0 Å². The molecule has 1 heterocycles. The van der Waals surface area contributed by atoms with Gasteiger partial charge >= 0.3 is 0 Å². The van der Waals surface area contributed by atoms with Crippen molar-refractivity contribution >= 4 is 28.6 Å². The van der Waals surface area contributed by atoms with E-state index in [0.717, 1.165) is 11.3 Å². The normalized spacial score (nSPS) is 11.2. The Hall–Kier alpha value is -2.69. The second-order valence-electron chi connectivity index (χ2n) is 6.18. The van der Waals surface area contributed by atoms with E-state index in [-0.39, 0.29) is 29.7 Å². The highest BCUT2D eigenvalue weighted by atomic mass is 19.1. The summed E-state index contributed by atoms with van der Waals surface area (Å²) in [7, 11) is 0. The lowest BCUT2D eigenvalue weighted by atomic mass is 10.0. The molecule has 4 nitrogen and oxygen atoms in total. The number of anilines is 2. The third kappa shape index (κ3) is 3.30. The molecular weight excluding hydrogens is 307 g/mol. The average Bonchev–Trinajstić information content (AvgIpc) is 2.92. The Morgan fingerprint density at radius 1 is 1.29 bits per heavy atom. The van der Waals surface area contributed by atoms with Gasteiger partial charge in [0.15, 0.2) is 11.4 Å². The number of oxazole rings is 1. The first-order chi connectivity index (χ1) is 11.4. The van der Waals surface area contributed by atoms with Crippen molar-refractivity contribution in [2.45, 2.75) is 27.2 Å². The molecule has 0 aliphatic carbocycles. The van der Waals surface area contributed by atoms with Crippen molar-refractivity contribution in [3.63, 3.8) is 0 Å². The number of para-hydroxylation sites is 1. The van der Waals surface area contributed by atoms with E-state index < -0.39 is 5.82 Å². The number of carbonyl (C=O) groups excluding carboxylic acids is 1. The Labute approximate surface area is 139 Å². The summed E-state index contributed by atoms with van der Waals surface area (Å²) in [4.78, 5) is 16.0. The molecule has 0 saturated heterocycles. The third-order valence-corrected chi connectivity index (χ3v) is 3.92. The molecule has 24 heavy (non-hydrogen) atoms. The number of Topliss-reactive ketones (excluding diaryl/α,β-unsaturated/α-hetero) is 1. The number of ketones is 1. The molecule has 0 aliphatic heterocycles. The number of benzene rings is 2. The quantitative estimate of drug-likeness (QED) is 0.732. The van der Waals surface area contributed by atoms with E-state index in [1.165, 1.54) is 6.07 Å². The number of aromatic nitrogens is 1. The van der Waals surface area contributed by atoms with Crippen molar-refractivity contribution in [3.8, 4) is 0 Å². The molecule has 124 valence electrons. The van der Waals surface area contributed by atoms with Gasteiger partial charge in [0.25, 0.3) is 6.01 Å². The van der Waals surface area contributed by atoms with Crippen molar-refractivity contribution in [1.82, 2.24) is 4.98 Å². The van der Waals surface area contributed by atoms with Crippen LogP contribution in [-0.2, 0) is 11.2 Å². The predicted octanol–water partition coefficient (Wildman–Crippen LogP) is 4.79. The zero-order valence-corrected chi connectivity index (χ0v) is 13.9. The Balaban J connectivity index is 1.92. The van der Waals surface area contributed by atoms with Crippen molar-refractivity contribution in [2.75, 3.05) is 5.32 Å². The van der Waals surface area contributed by atoms with E-state index >= 15 is 0 Å². The van der Waals surface area contributed by atoms with E-state index in [4.69, 9.17) is 4.42 Å². The van der Waals surface area contributed by atoms with Gasteiger partial charge in [-0.1, -0.05) is 32.0 Å². The molecule has 0 saturated carbocycles. The molecule has 0 amide bonds. The predicted molar refractivity (Wildman–Crippen MR) is 92.0 cm³/mol. The number of hydrogen-bond donors (Lipinski definition) is 1. The summed E-state index contributed by atoms with van der Waals surface area (Å²) in [6, 6.07) is 10.9. The lowest BCUT2D eigenvalue weighted by Crippen LogP contribution is -2.10. The van der Waals surface area contributed by atoms with Gasteiger partial charge in [-0.3, -0.25) is 4.79 Å². The molecule has 0 aliphatic rings. The first-order valence-corrected chi connectivity index (χ1v) is 7.88. The Bertz CT molecular complexity index is 900. The standard InChI is InChI=1S/C19H19FN2O2/c1-11(2)16(23)9-13-8-14(20)18-17(10-13)24-19(22-18)21-15-7-5-4-6-12(15)3/h4-8,10-11H,9H2,1-3H3,(H,21,22). The van der Waals surface area contributed by atoms with Crippen molar-refractivity contribution in [2.24, 2.45) is 5.92 Å². The maximum atomic E-state index is 14.3. The summed E-state index contributed by atoms with van der Waals surface area (Å²) < 4.78 is 19.9. The molecule has 5 heteroatoms. The number of carbonyl (C=O) groups is 1. The Morgan fingerprint density at radius 3 is 2.75 bits per heavy atom. The molecule has 0 unspecified atom stereocenters. The van der Waals surface area contributed by atoms with Crippen molar-refractivity contribution in [1.29, 1.82) is 0 Å². The number of nitrogens with one attached hydrogen (secondary N) is 1. The molecular formula is C19H19FN2O2. The number of aryl methyl sites for hydroxylation is 1. The number of hydrogen-bond acceptors (Lipinski definition) is 4. The van der Waals surface area contributed by atoms with Crippen molar-refractivity contribution < 1.29 is 13.6 Å². The van der Waals surface area contributed by atoms with Crippen LogP contribution >= 0.6 is 0 Å². The first-order valence-electron chi connectivity index (χ1n) is 7.88. The van der Waals surface area contributed by atoms with Gasteiger partial charge in [0, 0.05) is 18.0 Å². The van der Waals surface area contributed by atoms with Crippen LogP contribution in [0.25, 0.3) is 11.1 Å². The van der Waals surface area contributed by atoms with Gasteiger partial charge in [-0.2, -0.15) is 4.98 Å². The van der Waals surface area contributed by atoms with Gasteiger partial charge in [0.2, 0.25) is 0 Å². The number of halogens is 1. The van der Waals surface area contributed by atoms with Crippen LogP contribution in [0.4, 0.5) is 16.1 Å². The van der Waals surface area contributed by atoms with Gasteiger partial charge in [0.05, 0.1) is 0 Å². The van der Waals surface area contributed by atoms with Gasteiger partial charge in [-0.25, -0.2) is 4.39 Å². The Morgan fingerprint density at radius 2 is 2.04 bits per heavy atom. The van der Waals surface area contributed by atoms with Gasteiger partial charge in [-0.05, 0) is 36.2 Å². The summed E-state index contributed by atoms with van der Waals surface area (Å²) in [5.41, 5.74) is 2.96. The lowest BCUT2D eigenvalue weighted by molar-refractivity contribution is -0.121.